The quantitative estimate of drug-likeness (QED) is 0.839. The number of nitrogens with two attached hydrogens (primary N) is 1. The fourth-order valence-corrected chi connectivity index (χ4v) is 2.24. The number of halogens is 1. The van der Waals surface area contributed by atoms with Crippen LogP contribution in [-0.4, -0.2) is 14.3 Å². The second-order valence-electron chi connectivity index (χ2n) is 4.02. The molecular formula is C13H11FN2O4S. The lowest BCUT2D eigenvalue weighted by molar-refractivity contribution is -0.111. The van der Waals surface area contributed by atoms with E-state index in [4.69, 9.17) is 9.56 Å². The van der Waals surface area contributed by atoms with E-state index in [1.807, 2.05) is 0 Å². The molecule has 0 spiro atoms. The highest BCUT2D eigenvalue weighted by Gasteiger charge is 2.15. The Hall–Kier alpha value is -2.45. The third-order valence-corrected chi connectivity index (χ3v) is 3.42. The SMILES string of the molecule is NS(=O)(=O)c1ccc(F)cc1NC(=O)/C=C/c1ccco1. The molecule has 1 amide bonds. The van der Waals surface area contributed by atoms with Gasteiger partial charge >= 0.3 is 0 Å². The smallest absolute Gasteiger partial charge is 0.248 e. The molecule has 0 fully saturated rings. The van der Waals surface area contributed by atoms with Gasteiger partial charge in [-0.3, -0.25) is 4.79 Å². The number of carbonyl (C=O) groups is 1. The predicted octanol–water partition coefficient (Wildman–Crippen LogP) is 1.72. The van der Waals surface area contributed by atoms with Crippen molar-refractivity contribution in [3.05, 3.63) is 54.2 Å². The van der Waals surface area contributed by atoms with Gasteiger partial charge in [-0.05, 0) is 36.4 Å². The molecule has 0 unspecified atom stereocenters. The molecule has 1 aromatic carbocycles. The third kappa shape index (κ3) is 4.01. The maximum atomic E-state index is 13.2. The second-order valence-corrected chi connectivity index (χ2v) is 5.55. The average molecular weight is 310 g/mol. The maximum absolute atomic E-state index is 13.2. The molecule has 0 atom stereocenters. The molecule has 0 radical (unpaired) electrons. The van der Waals surface area contributed by atoms with Crippen molar-refractivity contribution in [1.29, 1.82) is 0 Å². The molecule has 8 heteroatoms. The fraction of sp³-hybridized carbons (Fsp3) is 0. The molecule has 0 bridgehead atoms. The summed E-state index contributed by atoms with van der Waals surface area (Å²) in [5.74, 6) is -0.911. The van der Waals surface area contributed by atoms with Gasteiger partial charge in [0.15, 0.2) is 0 Å². The fourth-order valence-electron chi connectivity index (χ4n) is 1.57. The first kappa shape index (κ1) is 14.9. The van der Waals surface area contributed by atoms with E-state index in [-0.39, 0.29) is 10.6 Å². The van der Waals surface area contributed by atoms with Crippen molar-refractivity contribution in [3.8, 4) is 0 Å². The molecular weight excluding hydrogens is 299 g/mol. The minimum atomic E-state index is -4.08. The van der Waals surface area contributed by atoms with Gasteiger partial charge in [-0.1, -0.05) is 0 Å². The zero-order chi connectivity index (χ0) is 15.5. The van der Waals surface area contributed by atoms with E-state index in [1.54, 1.807) is 12.1 Å². The van der Waals surface area contributed by atoms with E-state index in [0.29, 0.717) is 5.76 Å². The van der Waals surface area contributed by atoms with Crippen molar-refractivity contribution < 1.29 is 22.0 Å². The van der Waals surface area contributed by atoms with Gasteiger partial charge in [0.2, 0.25) is 15.9 Å². The minimum Gasteiger partial charge on any atom is -0.465 e. The van der Waals surface area contributed by atoms with Crippen LogP contribution in [0.4, 0.5) is 10.1 Å². The molecule has 0 saturated carbocycles. The van der Waals surface area contributed by atoms with Crippen LogP contribution in [0.1, 0.15) is 5.76 Å². The highest BCUT2D eigenvalue weighted by molar-refractivity contribution is 7.89. The van der Waals surface area contributed by atoms with Gasteiger partial charge in [0.25, 0.3) is 0 Å². The summed E-state index contributed by atoms with van der Waals surface area (Å²) in [5, 5.41) is 7.25. The van der Waals surface area contributed by atoms with E-state index in [1.165, 1.54) is 12.3 Å². The second kappa shape index (κ2) is 5.90. The van der Waals surface area contributed by atoms with Crippen LogP contribution in [-0.2, 0) is 14.8 Å². The number of nitrogens with one attached hydrogen (secondary N) is 1. The molecule has 1 heterocycles. The van der Waals surface area contributed by atoms with Gasteiger partial charge in [-0.15, -0.1) is 0 Å². The normalized spacial score (nSPS) is 11.7. The molecule has 110 valence electrons. The number of carbonyl (C=O) groups excluding carboxylic acids is 1. The van der Waals surface area contributed by atoms with Gasteiger partial charge in [0.05, 0.1) is 12.0 Å². The number of hydrogen-bond donors (Lipinski definition) is 2. The van der Waals surface area contributed by atoms with Crippen molar-refractivity contribution in [1.82, 2.24) is 0 Å². The molecule has 2 aromatic rings. The van der Waals surface area contributed by atoms with Crippen LogP contribution in [0, 0.1) is 5.82 Å². The largest absolute Gasteiger partial charge is 0.465 e. The van der Waals surface area contributed by atoms with Gasteiger partial charge in [-0.25, -0.2) is 17.9 Å². The highest BCUT2D eigenvalue weighted by atomic mass is 32.2. The molecule has 21 heavy (non-hydrogen) atoms. The summed E-state index contributed by atoms with van der Waals surface area (Å²) in [4.78, 5) is 11.3. The minimum absolute atomic E-state index is 0.230. The van der Waals surface area contributed by atoms with Crippen molar-refractivity contribution in [3.63, 3.8) is 0 Å². The molecule has 6 nitrogen and oxygen atoms in total. The number of amides is 1. The molecule has 2 rings (SSSR count). The number of rotatable bonds is 4. The number of benzene rings is 1. The van der Waals surface area contributed by atoms with Crippen molar-refractivity contribution in [2.45, 2.75) is 4.90 Å². The van der Waals surface area contributed by atoms with Crippen LogP contribution in [0.25, 0.3) is 6.08 Å². The molecule has 3 N–H and O–H groups in total. The molecule has 0 saturated heterocycles. The monoisotopic (exact) mass is 310 g/mol. The average Bonchev–Trinajstić information content (AvgIpc) is 2.88. The van der Waals surface area contributed by atoms with Crippen LogP contribution in [0.3, 0.4) is 0 Å². The third-order valence-electron chi connectivity index (χ3n) is 2.45. The lowest BCUT2D eigenvalue weighted by Gasteiger charge is -2.08. The van der Waals surface area contributed by atoms with Gasteiger partial charge < -0.3 is 9.73 Å². The van der Waals surface area contributed by atoms with Crippen molar-refractivity contribution in [2.75, 3.05) is 5.32 Å². The van der Waals surface area contributed by atoms with Crippen LogP contribution >= 0.6 is 0 Å². The number of primary sulfonamides is 1. The Kier molecular flexibility index (Phi) is 4.20. The first-order valence-corrected chi connectivity index (χ1v) is 7.26. The summed E-state index contributed by atoms with van der Waals surface area (Å²) >= 11 is 0. The standard InChI is InChI=1S/C13H11FN2O4S/c14-9-3-5-12(21(15,18)19)11(8-9)16-13(17)6-4-10-2-1-7-20-10/h1-8H,(H,16,17)(H2,15,18,19)/b6-4+. The Labute approximate surface area is 120 Å². The first-order valence-electron chi connectivity index (χ1n) is 5.71. The Morgan fingerprint density at radius 1 is 1.33 bits per heavy atom. The zero-order valence-corrected chi connectivity index (χ0v) is 11.4. The topological polar surface area (TPSA) is 102 Å². The number of anilines is 1. The van der Waals surface area contributed by atoms with E-state index >= 15 is 0 Å². The Morgan fingerprint density at radius 3 is 2.71 bits per heavy atom. The summed E-state index contributed by atoms with van der Waals surface area (Å²) in [6.45, 7) is 0. The number of furan rings is 1. The van der Waals surface area contributed by atoms with Gasteiger partial charge in [0, 0.05) is 6.08 Å². The molecule has 0 aliphatic heterocycles. The maximum Gasteiger partial charge on any atom is 0.248 e. The summed E-state index contributed by atoms with van der Waals surface area (Å²) in [7, 11) is -4.08. The highest BCUT2D eigenvalue weighted by Crippen LogP contribution is 2.21. The predicted molar refractivity (Wildman–Crippen MR) is 74.1 cm³/mol. The summed E-state index contributed by atoms with van der Waals surface area (Å²) in [5.41, 5.74) is -0.230. The van der Waals surface area contributed by atoms with Crippen molar-refractivity contribution >= 4 is 27.7 Å². The van der Waals surface area contributed by atoms with Crippen LogP contribution < -0.4 is 10.5 Å². The molecule has 0 aliphatic carbocycles. The van der Waals surface area contributed by atoms with E-state index in [9.17, 15) is 17.6 Å². The Morgan fingerprint density at radius 2 is 2.10 bits per heavy atom. The van der Waals surface area contributed by atoms with E-state index in [0.717, 1.165) is 24.3 Å². The molecule has 1 aromatic heterocycles. The van der Waals surface area contributed by atoms with Crippen molar-refractivity contribution in [2.24, 2.45) is 5.14 Å². The zero-order valence-electron chi connectivity index (χ0n) is 10.6. The van der Waals surface area contributed by atoms with E-state index in [2.05, 4.69) is 5.32 Å². The summed E-state index contributed by atoms with van der Waals surface area (Å²) in [6, 6.07) is 6.06. The molecule has 0 aliphatic rings. The van der Waals surface area contributed by atoms with E-state index < -0.39 is 21.7 Å². The summed E-state index contributed by atoms with van der Waals surface area (Å²) in [6.07, 6.45) is 3.94. The number of sulfonamides is 1. The Bertz CT molecular complexity index is 783. The van der Waals surface area contributed by atoms with Gasteiger partial charge in [0.1, 0.15) is 16.5 Å². The summed E-state index contributed by atoms with van der Waals surface area (Å²) < 4.78 is 40.9. The Balaban J connectivity index is 2.23. The van der Waals surface area contributed by atoms with Crippen LogP contribution in [0.15, 0.2) is 52.0 Å². The van der Waals surface area contributed by atoms with Crippen LogP contribution in [0.2, 0.25) is 0 Å². The number of hydrogen-bond acceptors (Lipinski definition) is 4. The first-order chi connectivity index (χ1) is 9.86. The lowest BCUT2D eigenvalue weighted by Crippen LogP contribution is -2.17. The lowest BCUT2D eigenvalue weighted by atomic mass is 10.3. The van der Waals surface area contributed by atoms with Crippen LogP contribution in [0.5, 0.6) is 0 Å². The van der Waals surface area contributed by atoms with Gasteiger partial charge in [-0.2, -0.15) is 0 Å².